The SMILES string of the molecule is c1ncc(N2CCC(CCOC3CCC3)CC2)cc1OCC1CCCN1. The smallest absolute Gasteiger partial charge is 0.139 e. The molecule has 1 N–H and O–H groups in total. The number of nitrogens with zero attached hydrogens (tertiary/aromatic N) is 2. The van der Waals surface area contributed by atoms with Crippen LogP contribution in [0.5, 0.6) is 5.75 Å². The molecule has 2 saturated heterocycles. The van der Waals surface area contributed by atoms with E-state index < -0.39 is 0 Å². The van der Waals surface area contributed by atoms with Gasteiger partial charge in [-0.05, 0) is 63.8 Å². The molecule has 1 unspecified atom stereocenters. The number of piperidine rings is 1. The Morgan fingerprint density at radius 2 is 1.96 bits per heavy atom. The summed E-state index contributed by atoms with van der Waals surface area (Å²) in [5.41, 5.74) is 1.20. The summed E-state index contributed by atoms with van der Waals surface area (Å²) < 4.78 is 11.9. The number of aromatic nitrogens is 1. The summed E-state index contributed by atoms with van der Waals surface area (Å²) in [6.07, 6.45) is 14.5. The molecule has 0 amide bonds. The quantitative estimate of drug-likeness (QED) is 0.771. The standard InChI is InChI=1S/C21H33N3O2/c1-4-20(5-1)25-12-8-17-6-10-24(11-7-17)19-13-21(15-22-14-19)26-16-18-3-2-9-23-18/h13-15,17-18,20,23H,1-12,16H2. The predicted molar refractivity (Wildman–Crippen MR) is 104 cm³/mol. The highest BCUT2D eigenvalue weighted by molar-refractivity contribution is 5.48. The van der Waals surface area contributed by atoms with Crippen LogP contribution in [0.1, 0.15) is 51.4 Å². The Hall–Kier alpha value is -1.33. The highest BCUT2D eigenvalue weighted by Crippen LogP contribution is 2.28. The van der Waals surface area contributed by atoms with E-state index in [0.29, 0.717) is 12.1 Å². The van der Waals surface area contributed by atoms with E-state index >= 15 is 0 Å². The van der Waals surface area contributed by atoms with E-state index in [2.05, 4.69) is 21.3 Å². The molecule has 0 spiro atoms. The van der Waals surface area contributed by atoms with Crippen molar-refractivity contribution >= 4 is 5.69 Å². The average molecular weight is 360 g/mol. The van der Waals surface area contributed by atoms with Gasteiger partial charge in [-0.25, -0.2) is 0 Å². The molecule has 1 aliphatic carbocycles. The number of pyridine rings is 1. The van der Waals surface area contributed by atoms with Gasteiger partial charge in [-0.1, -0.05) is 0 Å². The van der Waals surface area contributed by atoms with Gasteiger partial charge in [-0.3, -0.25) is 4.98 Å². The summed E-state index contributed by atoms with van der Waals surface area (Å²) in [5.74, 6) is 1.71. The summed E-state index contributed by atoms with van der Waals surface area (Å²) in [4.78, 5) is 6.86. The van der Waals surface area contributed by atoms with Gasteiger partial charge in [0.1, 0.15) is 12.4 Å². The van der Waals surface area contributed by atoms with Crippen molar-refractivity contribution in [2.24, 2.45) is 5.92 Å². The van der Waals surface area contributed by atoms with Crippen molar-refractivity contribution in [2.75, 3.05) is 37.7 Å². The Kier molecular flexibility index (Phi) is 6.28. The minimum atomic E-state index is 0.497. The molecule has 1 aromatic heterocycles. The van der Waals surface area contributed by atoms with Crippen LogP contribution in [0.15, 0.2) is 18.5 Å². The van der Waals surface area contributed by atoms with Crippen LogP contribution in [0, 0.1) is 5.92 Å². The van der Waals surface area contributed by atoms with Crippen LogP contribution in [-0.4, -0.2) is 50.0 Å². The van der Waals surface area contributed by atoms with Crippen LogP contribution >= 0.6 is 0 Å². The molecule has 26 heavy (non-hydrogen) atoms. The third kappa shape index (κ3) is 4.89. The Bertz CT molecular complexity index is 550. The van der Waals surface area contributed by atoms with E-state index in [4.69, 9.17) is 9.47 Å². The number of hydrogen-bond donors (Lipinski definition) is 1. The maximum atomic E-state index is 5.97. The fourth-order valence-electron chi connectivity index (χ4n) is 4.17. The van der Waals surface area contributed by atoms with E-state index in [1.807, 2.05) is 12.4 Å². The van der Waals surface area contributed by atoms with Gasteiger partial charge in [0.15, 0.2) is 0 Å². The molecule has 2 aliphatic heterocycles. The highest BCUT2D eigenvalue weighted by Gasteiger charge is 2.22. The number of anilines is 1. The number of ether oxygens (including phenoxy) is 2. The van der Waals surface area contributed by atoms with E-state index in [1.54, 1.807) is 0 Å². The molecular weight excluding hydrogens is 326 g/mol. The third-order valence-corrected chi connectivity index (χ3v) is 6.22. The van der Waals surface area contributed by atoms with E-state index in [9.17, 15) is 0 Å². The molecule has 144 valence electrons. The van der Waals surface area contributed by atoms with Crippen LogP contribution in [-0.2, 0) is 4.74 Å². The van der Waals surface area contributed by atoms with Crippen molar-refractivity contribution in [1.82, 2.24) is 10.3 Å². The zero-order chi connectivity index (χ0) is 17.6. The largest absolute Gasteiger partial charge is 0.490 e. The lowest BCUT2D eigenvalue weighted by Gasteiger charge is -2.34. The molecule has 3 heterocycles. The topological polar surface area (TPSA) is 46.6 Å². The van der Waals surface area contributed by atoms with Crippen LogP contribution in [0.25, 0.3) is 0 Å². The number of nitrogens with one attached hydrogen (secondary N) is 1. The van der Waals surface area contributed by atoms with Crippen molar-refractivity contribution in [2.45, 2.75) is 63.5 Å². The lowest BCUT2D eigenvalue weighted by Crippen LogP contribution is -2.34. The molecular formula is C21H33N3O2. The van der Waals surface area contributed by atoms with E-state index in [-0.39, 0.29) is 0 Å². The zero-order valence-electron chi connectivity index (χ0n) is 15.9. The summed E-state index contributed by atoms with van der Waals surface area (Å²) >= 11 is 0. The number of rotatable bonds is 8. The summed E-state index contributed by atoms with van der Waals surface area (Å²) in [6, 6.07) is 2.65. The fraction of sp³-hybridized carbons (Fsp3) is 0.762. The summed E-state index contributed by atoms with van der Waals surface area (Å²) in [7, 11) is 0. The van der Waals surface area contributed by atoms with Gasteiger partial charge < -0.3 is 19.7 Å². The third-order valence-electron chi connectivity index (χ3n) is 6.22. The minimum Gasteiger partial charge on any atom is -0.490 e. The van der Waals surface area contributed by atoms with Crippen LogP contribution < -0.4 is 15.0 Å². The Morgan fingerprint density at radius 3 is 2.69 bits per heavy atom. The second kappa shape index (κ2) is 9.05. The van der Waals surface area contributed by atoms with Crippen LogP contribution in [0.2, 0.25) is 0 Å². The van der Waals surface area contributed by atoms with Gasteiger partial charge >= 0.3 is 0 Å². The molecule has 0 radical (unpaired) electrons. The van der Waals surface area contributed by atoms with Crippen molar-refractivity contribution in [1.29, 1.82) is 0 Å². The highest BCUT2D eigenvalue weighted by atomic mass is 16.5. The van der Waals surface area contributed by atoms with Gasteiger partial charge in [0.25, 0.3) is 0 Å². The first-order valence-electron chi connectivity index (χ1n) is 10.5. The Morgan fingerprint density at radius 1 is 1.08 bits per heavy atom. The first kappa shape index (κ1) is 18.1. The van der Waals surface area contributed by atoms with Crippen molar-refractivity contribution in [3.8, 4) is 5.75 Å². The van der Waals surface area contributed by atoms with Gasteiger partial charge in [0, 0.05) is 31.8 Å². The first-order chi connectivity index (χ1) is 12.9. The summed E-state index contributed by atoms with van der Waals surface area (Å²) in [5, 5.41) is 3.47. The molecule has 1 aromatic rings. The first-order valence-corrected chi connectivity index (χ1v) is 10.5. The lowest BCUT2D eigenvalue weighted by molar-refractivity contribution is -0.00466. The molecule has 3 fully saturated rings. The van der Waals surface area contributed by atoms with Crippen molar-refractivity contribution in [3.05, 3.63) is 18.5 Å². The van der Waals surface area contributed by atoms with E-state index in [0.717, 1.165) is 44.5 Å². The monoisotopic (exact) mass is 359 g/mol. The van der Waals surface area contributed by atoms with Gasteiger partial charge in [0.2, 0.25) is 0 Å². The molecule has 3 aliphatic rings. The van der Waals surface area contributed by atoms with Gasteiger partial charge in [-0.15, -0.1) is 0 Å². The van der Waals surface area contributed by atoms with Gasteiger partial charge in [-0.2, -0.15) is 0 Å². The van der Waals surface area contributed by atoms with Crippen LogP contribution in [0.3, 0.4) is 0 Å². The molecule has 0 aromatic carbocycles. The van der Waals surface area contributed by atoms with Gasteiger partial charge in [0.05, 0.1) is 24.2 Å². The van der Waals surface area contributed by atoms with Crippen molar-refractivity contribution < 1.29 is 9.47 Å². The van der Waals surface area contributed by atoms with Crippen LogP contribution in [0.4, 0.5) is 5.69 Å². The van der Waals surface area contributed by atoms with E-state index in [1.165, 1.54) is 57.1 Å². The molecule has 1 saturated carbocycles. The second-order valence-electron chi connectivity index (χ2n) is 8.13. The molecule has 0 bridgehead atoms. The Balaban J connectivity index is 1.20. The normalized spacial score (nSPS) is 24.6. The molecule has 4 rings (SSSR count). The summed E-state index contributed by atoms with van der Waals surface area (Å²) in [6.45, 7) is 5.05. The lowest BCUT2D eigenvalue weighted by atomic mass is 9.93. The predicted octanol–water partition coefficient (Wildman–Crippen LogP) is 3.39. The average Bonchev–Trinajstić information content (AvgIpc) is 3.16. The van der Waals surface area contributed by atoms with Crippen molar-refractivity contribution in [3.63, 3.8) is 0 Å². The minimum absolute atomic E-state index is 0.497. The maximum Gasteiger partial charge on any atom is 0.139 e. The molecule has 1 atom stereocenters. The molecule has 5 heteroatoms. The Labute approximate surface area is 157 Å². The maximum absolute atomic E-state index is 5.97. The fourth-order valence-corrected chi connectivity index (χ4v) is 4.17. The number of hydrogen-bond acceptors (Lipinski definition) is 5. The zero-order valence-corrected chi connectivity index (χ0v) is 15.9. The molecule has 5 nitrogen and oxygen atoms in total. The second-order valence-corrected chi connectivity index (χ2v) is 8.13.